The summed E-state index contributed by atoms with van der Waals surface area (Å²) in [6.07, 6.45) is 1.56. The summed E-state index contributed by atoms with van der Waals surface area (Å²) in [5.74, 6) is 6.37. The Morgan fingerprint density at radius 3 is 2.87 bits per heavy atom. The lowest BCUT2D eigenvalue weighted by atomic mass is 10.3. The maximum Gasteiger partial charge on any atom is 0.239 e. The number of rotatable bonds is 2. The molecule has 1 aromatic rings. The van der Waals surface area contributed by atoms with Gasteiger partial charge >= 0.3 is 0 Å². The molecule has 0 aromatic carbocycles. The lowest BCUT2D eigenvalue weighted by Gasteiger charge is -2.28. The van der Waals surface area contributed by atoms with Crippen molar-refractivity contribution in [3.63, 3.8) is 0 Å². The summed E-state index contributed by atoms with van der Waals surface area (Å²) >= 11 is 6.03. The van der Waals surface area contributed by atoms with Crippen molar-refractivity contribution in [3.8, 4) is 0 Å². The minimum absolute atomic E-state index is 0.382. The number of nitrogens with zero attached hydrogens (tertiary/aromatic N) is 3. The Morgan fingerprint density at radius 2 is 2.20 bits per heavy atom. The molecule has 0 bridgehead atoms. The second-order valence-corrected chi connectivity index (χ2v) is 3.65. The van der Waals surface area contributed by atoms with Gasteiger partial charge in [-0.2, -0.15) is 4.98 Å². The molecular formula is C8H13ClN6. The van der Waals surface area contributed by atoms with E-state index in [1.165, 1.54) is 0 Å². The monoisotopic (exact) mass is 228 g/mol. The van der Waals surface area contributed by atoms with Crippen LogP contribution in [0.1, 0.15) is 0 Å². The molecule has 4 N–H and O–H groups in total. The van der Waals surface area contributed by atoms with Gasteiger partial charge in [-0.3, -0.25) is 5.43 Å². The number of nitrogen functional groups attached to an aromatic ring is 1. The van der Waals surface area contributed by atoms with Crippen molar-refractivity contribution in [3.05, 3.63) is 11.2 Å². The largest absolute Gasteiger partial charge is 0.353 e. The molecule has 82 valence electrons. The van der Waals surface area contributed by atoms with E-state index in [2.05, 4.69) is 25.6 Å². The SMILES string of the molecule is NNc1ncc(Cl)c(N2CCNCC2)n1. The number of halogens is 1. The van der Waals surface area contributed by atoms with Crippen LogP contribution in [-0.2, 0) is 0 Å². The Morgan fingerprint density at radius 1 is 1.47 bits per heavy atom. The topological polar surface area (TPSA) is 79.1 Å². The number of aromatic nitrogens is 2. The van der Waals surface area contributed by atoms with E-state index in [9.17, 15) is 0 Å². The van der Waals surface area contributed by atoms with Gasteiger partial charge in [0.2, 0.25) is 5.95 Å². The van der Waals surface area contributed by atoms with E-state index < -0.39 is 0 Å². The van der Waals surface area contributed by atoms with Gasteiger partial charge in [0.05, 0.1) is 6.20 Å². The average molecular weight is 229 g/mol. The smallest absolute Gasteiger partial charge is 0.239 e. The summed E-state index contributed by atoms with van der Waals surface area (Å²) in [6, 6.07) is 0. The predicted molar refractivity (Wildman–Crippen MR) is 59.9 cm³/mol. The molecule has 0 unspecified atom stereocenters. The molecule has 0 spiro atoms. The zero-order chi connectivity index (χ0) is 10.7. The molecule has 2 rings (SSSR count). The summed E-state index contributed by atoms with van der Waals surface area (Å²) in [5.41, 5.74) is 2.41. The van der Waals surface area contributed by atoms with Crippen LogP contribution in [0.2, 0.25) is 5.02 Å². The molecule has 0 aliphatic carbocycles. The second kappa shape index (κ2) is 4.61. The third-order valence-corrected chi connectivity index (χ3v) is 2.54. The number of hydrazine groups is 1. The van der Waals surface area contributed by atoms with Gasteiger partial charge in [0.1, 0.15) is 5.02 Å². The number of anilines is 2. The molecule has 0 saturated carbocycles. The fourth-order valence-corrected chi connectivity index (χ4v) is 1.74. The third-order valence-electron chi connectivity index (χ3n) is 2.27. The van der Waals surface area contributed by atoms with Gasteiger partial charge in [-0.1, -0.05) is 11.6 Å². The van der Waals surface area contributed by atoms with Crippen LogP contribution in [0.15, 0.2) is 6.20 Å². The highest BCUT2D eigenvalue weighted by atomic mass is 35.5. The molecule has 6 nitrogen and oxygen atoms in total. The first-order valence-electron chi connectivity index (χ1n) is 4.76. The van der Waals surface area contributed by atoms with Crippen molar-refractivity contribution in [2.45, 2.75) is 0 Å². The van der Waals surface area contributed by atoms with Crippen LogP contribution < -0.4 is 21.5 Å². The molecule has 1 aliphatic heterocycles. The minimum atomic E-state index is 0.382. The van der Waals surface area contributed by atoms with Crippen molar-refractivity contribution >= 4 is 23.4 Å². The van der Waals surface area contributed by atoms with E-state index in [0.29, 0.717) is 11.0 Å². The van der Waals surface area contributed by atoms with E-state index in [4.69, 9.17) is 17.4 Å². The van der Waals surface area contributed by atoms with Crippen LogP contribution in [0.3, 0.4) is 0 Å². The van der Waals surface area contributed by atoms with Crippen molar-refractivity contribution in [2.75, 3.05) is 36.5 Å². The quantitative estimate of drug-likeness (QED) is 0.482. The first kappa shape index (κ1) is 10.4. The van der Waals surface area contributed by atoms with Gasteiger partial charge in [0.25, 0.3) is 0 Å². The first-order chi connectivity index (χ1) is 7.31. The van der Waals surface area contributed by atoms with Crippen LogP contribution in [0.5, 0.6) is 0 Å². The highest BCUT2D eigenvalue weighted by Gasteiger charge is 2.15. The molecule has 0 radical (unpaired) electrons. The molecule has 1 aromatic heterocycles. The summed E-state index contributed by atoms with van der Waals surface area (Å²) in [6.45, 7) is 3.65. The molecule has 1 aliphatic rings. The fraction of sp³-hybridized carbons (Fsp3) is 0.500. The Hall–Kier alpha value is -1.11. The van der Waals surface area contributed by atoms with Crippen LogP contribution in [0, 0.1) is 0 Å². The number of hydrogen-bond acceptors (Lipinski definition) is 6. The molecule has 15 heavy (non-hydrogen) atoms. The lowest BCUT2D eigenvalue weighted by Crippen LogP contribution is -2.44. The van der Waals surface area contributed by atoms with Crippen molar-refractivity contribution in [1.29, 1.82) is 0 Å². The lowest BCUT2D eigenvalue weighted by molar-refractivity contribution is 0.585. The number of nitrogens with two attached hydrogens (primary N) is 1. The van der Waals surface area contributed by atoms with Gasteiger partial charge in [-0.05, 0) is 0 Å². The normalized spacial score (nSPS) is 16.5. The third kappa shape index (κ3) is 2.28. The Labute approximate surface area is 92.8 Å². The van der Waals surface area contributed by atoms with Crippen LogP contribution in [0.25, 0.3) is 0 Å². The summed E-state index contributed by atoms with van der Waals surface area (Å²) in [7, 11) is 0. The molecule has 0 amide bonds. The Balaban J connectivity index is 2.24. The molecule has 2 heterocycles. The molecule has 7 heteroatoms. The molecule has 1 fully saturated rings. The Kier molecular flexibility index (Phi) is 3.20. The standard InChI is InChI=1S/C8H13ClN6/c9-6-5-12-8(14-10)13-7(6)15-3-1-11-2-4-15/h5,11H,1-4,10H2,(H,12,13,14). The molecular weight excluding hydrogens is 216 g/mol. The first-order valence-corrected chi connectivity index (χ1v) is 5.14. The summed E-state index contributed by atoms with van der Waals surface area (Å²) in [4.78, 5) is 10.3. The molecule has 1 saturated heterocycles. The number of piperazine rings is 1. The van der Waals surface area contributed by atoms with Gasteiger partial charge in [-0.15, -0.1) is 0 Å². The van der Waals surface area contributed by atoms with E-state index in [1.807, 2.05) is 0 Å². The van der Waals surface area contributed by atoms with E-state index in [1.54, 1.807) is 6.20 Å². The maximum atomic E-state index is 6.03. The fourth-order valence-electron chi connectivity index (χ4n) is 1.53. The summed E-state index contributed by atoms with van der Waals surface area (Å²) in [5, 5.41) is 3.82. The van der Waals surface area contributed by atoms with E-state index >= 15 is 0 Å². The van der Waals surface area contributed by atoms with Crippen LogP contribution >= 0.6 is 11.6 Å². The second-order valence-electron chi connectivity index (χ2n) is 3.25. The van der Waals surface area contributed by atoms with Gasteiger partial charge < -0.3 is 10.2 Å². The van der Waals surface area contributed by atoms with Gasteiger partial charge in [-0.25, -0.2) is 10.8 Å². The van der Waals surface area contributed by atoms with Crippen molar-refractivity contribution in [2.24, 2.45) is 5.84 Å². The minimum Gasteiger partial charge on any atom is -0.353 e. The summed E-state index contributed by atoms with van der Waals surface area (Å²) < 4.78 is 0. The maximum absolute atomic E-state index is 6.03. The predicted octanol–water partition coefficient (Wildman–Crippen LogP) is -0.175. The van der Waals surface area contributed by atoms with E-state index in [0.717, 1.165) is 32.0 Å². The zero-order valence-electron chi connectivity index (χ0n) is 8.20. The van der Waals surface area contributed by atoms with Gasteiger partial charge in [0, 0.05) is 26.2 Å². The van der Waals surface area contributed by atoms with Crippen LogP contribution in [-0.4, -0.2) is 36.1 Å². The van der Waals surface area contributed by atoms with Gasteiger partial charge in [0.15, 0.2) is 5.82 Å². The van der Waals surface area contributed by atoms with E-state index in [-0.39, 0.29) is 0 Å². The van der Waals surface area contributed by atoms with Crippen LogP contribution in [0.4, 0.5) is 11.8 Å². The average Bonchev–Trinajstić information content (AvgIpc) is 2.31. The zero-order valence-corrected chi connectivity index (χ0v) is 8.96. The van der Waals surface area contributed by atoms with Crippen molar-refractivity contribution in [1.82, 2.24) is 15.3 Å². The highest BCUT2D eigenvalue weighted by Crippen LogP contribution is 2.23. The Bertz CT molecular complexity index is 338. The number of nitrogens with one attached hydrogen (secondary N) is 2. The van der Waals surface area contributed by atoms with Crippen molar-refractivity contribution < 1.29 is 0 Å². The number of hydrogen-bond donors (Lipinski definition) is 3. The molecule has 0 atom stereocenters. The highest BCUT2D eigenvalue weighted by molar-refractivity contribution is 6.32.